The fraction of sp³-hybridized carbons (Fsp3) is 0.312. The van der Waals surface area contributed by atoms with Crippen molar-refractivity contribution in [3.63, 3.8) is 0 Å². The average Bonchev–Trinajstić information content (AvgIpc) is 3.28. The van der Waals surface area contributed by atoms with Crippen molar-refractivity contribution in [2.75, 3.05) is 7.11 Å². The third kappa shape index (κ3) is 2.12. The molecule has 1 aliphatic carbocycles. The van der Waals surface area contributed by atoms with Gasteiger partial charge in [-0.2, -0.15) is 5.26 Å². The number of nitrogens with zero attached hydrogens (tertiary/aromatic N) is 3. The lowest BCUT2D eigenvalue weighted by molar-refractivity contribution is 0.415. The Kier molecular flexibility index (Phi) is 2.90. The van der Waals surface area contributed by atoms with Crippen molar-refractivity contribution in [1.82, 2.24) is 9.97 Å². The lowest BCUT2D eigenvalue weighted by Gasteiger charge is -2.09. The first kappa shape index (κ1) is 12.6. The van der Waals surface area contributed by atoms with Gasteiger partial charge in [0.15, 0.2) is 0 Å². The second-order valence-electron chi connectivity index (χ2n) is 5.14. The van der Waals surface area contributed by atoms with E-state index >= 15 is 0 Å². The molecular weight excluding hydrogens is 250 g/mol. The van der Waals surface area contributed by atoms with Gasteiger partial charge in [0.2, 0.25) is 0 Å². The zero-order valence-electron chi connectivity index (χ0n) is 11.6. The highest BCUT2D eigenvalue weighted by Crippen LogP contribution is 2.46. The monoisotopic (exact) mass is 265 g/mol. The van der Waals surface area contributed by atoms with Gasteiger partial charge in [-0.15, -0.1) is 0 Å². The summed E-state index contributed by atoms with van der Waals surface area (Å²) in [5.74, 6) is 1.47. The minimum atomic E-state index is -0.451. The Morgan fingerprint density at radius 1 is 1.20 bits per heavy atom. The molecule has 0 N–H and O–H groups in total. The molecule has 0 atom stereocenters. The molecule has 0 spiro atoms. The molecule has 100 valence electrons. The maximum atomic E-state index is 9.28. The first-order valence-corrected chi connectivity index (χ1v) is 6.59. The third-order valence-electron chi connectivity index (χ3n) is 3.63. The predicted molar refractivity (Wildman–Crippen MR) is 75.3 cm³/mol. The molecule has 0 saturated heterocycles. The molecule has 0 amide bonds. The van der Waals surface area contributed by atoms with Crippen LogP contribution in [0.15, 0.2) is 30.3 Å². The second-order valence-corrected chi connectivity index (χ2v) is 5.14. The van der Waals surface area contributed by atoms with E-state index in [1.807, 2.05) is 37.3 Å². The molecule has 3 rings (SSSR count). The van der Waals surface area contributed by atoms with Crippen molar-refractivity contribution in [2.24, 2.45) is 0 Å². The summed E-state index contributed by atoms with van der Waals surface area (Å²) in [6, 6.07) is 12.0. The summed E-state index contributed by atoms with van der Waals surface area (Å²) in [7, 11) is 1.64. The van der Waals surface area contributed by atoms with Crippen LogP contribution in [-0.4, -0.2) is 17.1 Å². The van der Waals surface area contributed by atoms with E-state index in [9.17, 15) is 5.26 Å². The van der Waals surface area contributed by atoms with Gasteiger partial charge in [-0.3, -0.25) is 0 Å². The molecule has 2 aromatic rings. The molecule has 1 aliphatic rings. The van der Waals surface area contributed by atoms with Gasteiger partial charge < -0.3 is 4.74 Å². The van der Waals surface area contributed by atoms with Crippen molar-refractivity contribution in [3.05, 3.63) is 41.9 Å². The minimum Gasteiger partial charge on any atom is -0.497 e. The molecule has 0 aliphatic heterocycles. The number of nitriles is 1. The summed E-state index contributed by atoms with van der Waals surface area (Å²) in [5, 5.41) is 9.28. The van der Waals surface area contributed by atoms with Crippen molar-refractivity contribution >= 4 is 0 Å². The zero-order chi connectivity index (χ0) is 14.2. The van der Waals surface area contributed by atoms with Gasteiger partial charge in [-0.25, -0.2) is 9.97 Å². The first-order valence-electron chi connectivity index (χ1n) is 6.59. The number of methoxy groups -OCH3 is 1. The number of benzene rings is 1. The van der Waals surface area contributed by atoms with E-state index in [0.29, 0.717) is 5.82 Å². The normalized spacial score (nSPS) is 15.4. The van der Waals surface area contributed by atoms with Crippen LogP contribution in [0.3, 0.4) is 0 Å². The van der Waals surface area contributed by atoms with Crippen LogP contribution in [0, 0.1) is 18.3 Å². The highest BCUT2D eigenvalue weighted by atomic mass is 16.5. The van der Waals surface area contributed by atoms with Crippen LogP contribution >= 0.6 is 0 Å². The number of hydrogen-bond acceptors (Lipinski definition) is 4. The van der Waals surface area contributed by atoms with Gasteiger partial charge >= 0.3 is 0 Å². The SMILES string of the molecule is COc1ccc(-c2cc(C)nc(C3(C#N)CC3)n2)cc1. The molecule has 0 radical (unpaired) electrons. The molecule has 1 aromatic heterocycles. The molecule has 4 heteroatoms. The summed E-state index contributed by atoms with van der Waals surface area (Å²) < 4.78 is 5.16. The zero-order valence-corrected chi connectivity index (χ0v) is 11.6. The van der Waals surface area contributed by atoms with Crippen molar-refractivity contribution in [3.8, 4) is 23.1 Å². The van der Waals surface area contributed by atoms with Gasteiger partial charge in [0.05, 0.1) is 18.9 Å². The van der Waals surface area contributed by atoms with Crippen LogP contribution in [0.1, 0.15) is 24.4 Å². The standard InChI is InChI=1S/C16H15N3O/c1-11-9-14(12-3-5-13(20-2)6-4-12)19-15(18-11)16(10-17)7-8-16/h3-6,9H,7-8H2,1-2H3. The molecule has 0 unspecified atom stereocenters. The van der Waals surface area contributed by atoms with E-state index < -0.39 is 5.41 Å². The number of ether oxygens (including phenoxy) is 1. The Morgan fingerprint density at radius 2 is 1.90 bits per heavy atom. The van der Waals surface area contributed by atoms with Gasteiger partial charge in [0.25, 0.3) is 0 Å². The van der Waals surface area contributed by atoms with Crippen LogP contribution in [0.4, 0.5) is 0 Å². The summed E-state index contributed by atoms with van der Waals surface area (Å²) in [5.41, 5.74) is 2.30. The van der Waals surface area contributed by atoms with Crippen LogP contribution < -0.4 is 4.74 Å². The maximum Gasteiger partial charge on any atom is 0.149 e. The highest BCUT2D eigenvalue weighted by molar-refractivity contribution is 5.60. The summed E-state index contributed by atoms with van der Waals surface area (Å²) in [4.78, 5) is 9.03. The Balaban J connectivity index is 2.03. The van der Waals surface area contributed by atoms with Crippen LogP contribution in [0.25, 0.3) is 11.3 Å². The van der Waals surface area contributed by atoms with E-state index in [1.54, 1.807) is 7.11 Å². The van der Waals surface area contributed by atoms with E-state index in [4.69, 9.17) is 4.74 Å². The molecule has 1 saturated carbocycles. The topological polar surface area (TPSA) is 58.8 Å². The smallest absolute Gasteiger partial charge is 0.149 e. The molecule has 4 nitrogen and oxygen atoms in total. The van der Waals surface area contributed by atoms with Gasteiger partial charge in [-0.1, -0.05) is 0 Å². The first-order chi connectivity index (χ1) is 9.66. The molecular formula is C16H15N3O. The second kappa shape index (κ2) is 4.61. The van der Waals surface area contributed by atoms with E-state index in [0.717, 1.165) is 35.5 Å². The number of rotatable bonds is 3. The lowest BCUT2D eigenvalue weighted by atomic mass is 10.1. The molecule has 20 heavy (non-hydrogen) atoms. The van der Waals surface area contributed by atoms with Crippen LogP contribution in [0.2, 0.25) is 0 Å². The van der Waals surface area contributed by atoms with Crippen molar-refractivity contribution in [1.29, 1.82) is 5.26 Å². The lowest BCUT2D eigenvalue weighted by Crippen LogP contribution is -2.10. The fourth-order valence-corrected chi connectivity index (χ4v) is 2.20. The molecule has 0 bridgehead atoms. The Morgan fingerprint density at radius 3 is 2.45 bits per heavy atom. The van der Waals surface area contributed by atoms with E-state index in [-0.39, 0.29) is 0 Å². The minimum absolute atomic E-state index is 0.451. The molecule has 1 aromatic carbocycles. The van der Waals surface area contributed by atoms with Crippen molar-refractivity contribution in [2.45, 2.75) is 25.2 Å². The Bertz CT molecular complexity index is 682. The Hall–Kier alpha value is -2.41. The predicted octanol–water partition coefficient (Wildman–Crippen LogP) is 3.02. The largest absolute Gasteiger partial charge is 0.497 e. The van der Waals surface area contributed by atoms with E-state index in [2.05, 4.69) is 16.0 Å². The maximum absolute atomic E-state index is 9.28. The number of hydrogen-bond donors (Lipinski definition) is 0. The molecule has 1 heterocycles. The van der Waals surface area contributed by atoms with Crippen LogP contribution in [0.5, 0.6) is 5.75 Å². The molecule has 1 fully saturated rings. The number of aryl methyl sites for hydroxylation is 1. The Labute approximate surface area is 118 Å². The van der Waals surface area contributed by atoms with E-state index in [1.165, 1.54) is 0 Å². The fourth-order valence-electron chi connectivity index (χ4n) is 2.20. The summed E-state index contributed by atoms with van der Waals surface area (Å²) in [6.07, 6.45) is 1.71. The quantitative estimate of drug-likeness (QED) is 0.856. The summed E-state index contributed by atoms with van der Waals surface area (Å²) in [6.45, 7) is 1.94. The van der Waals surface area contributed by atoms with Crippen molar-refractivity contribution < 1.29 is 4.74 Å². The van der Waals surface area contributed by atoms with Gasteiger partial charge in [-0.05, 0) is 50.1 Å². The average molecular weight is 265 g/mol. The third-order valence-corrected chi connectivity index (χ3v) is 3.63. The summed E-state index contributed by atoms with van der Waals surface area (Å²) >= 11 is 0. The highest BCUT2D eigenvalue weighted by Gasteiger charge is 2.48. The van der Waals surface area contributed by atoms with Crippen LogP contribution in [-0.2, 0) is 5.41 Å². The van der Waals surface area contributed by atoms with Gasteiger partial charge in [0.1, 0.15) is 17.0 Å². The van der Waals surface area contributed by atoms with Gasteiger partial charge in [0, 0.05) is 11.3 Å². The number of aromatic nitrogens is 2.